The van der Waals surface area contributed by atoms with Crippen molar-refractivity contribution in [2.24, 2.45) is 0 Å². The van der Waals surface area contributed by atoms with Crippen LogP contribution in [0.2, 0.25) is 0 Å². The zero-order chi connectivity index (χ0) is 14.2. The highest BCUT2D eigenvalue weighted by Crippen LogP contribution is 2.39. The van der Waals surface area contributed by atoms with Crippen LogP contribution in [0.1, 0.15) is 30.9 Å². The molecule has 2 atom stereocenters. The monoisotopic (exact) mass is 294 g/mol. The fourth-order valence-electron chi connectivity index (χ4n) is 3.64. The van der Waals surface area contributed by atoms with E-state index in [2.05, 4.69) is 10.2 Å². The number of nitrogens with one attached hydrogen (secondary N) is 1. The van der Waals surface area contributed by atoms with Gasteiger partial charge < -0.3 is 5.32 Å². The molecule has 0 aromatic heterocycles. The maximum atomic E-state index is 12.2. The zero-order valence-corrected chi connectivity index (χ0v) is 12.7. The van der Waals surface area contributed by atoms with E-state index in [1.54, 1.807) is 6.07 Å². The molecule has 4 nitrogen and oxygen atoms in total. The lowest BCUT2D eigenvalue weighted by Gasteiger charge is -2.36. The van der Waals surface area contributed by atoms with E-state index >= 15 is 0 Å². The van der Waals surface area contributed by atoms with Gasteiger partial charge in [0.25, 0.3) is 0 Å². The molecule has 20 heavy (non-hydrogen) atoms. The Bertz CT molecular complexity index is 585. The fraction of sp³-hybridized carbons (Fsp3) is 0.600. The Morgan fingerprint density at radius 3 is 2.90 bits per heavy atom. The topological polar surface area (TPSA) is 49.4 Å². The minimum atomic E-state index is -3.08. The third-order valence-corrected chi connectivity index (χ3v) is 6.35. The van der Waals surface area contributed by atoms with Gasteiger partial charge >= 0.3 is 0 Å². The molecule has 1 fully saturated rings. The van der Waals surface area contributed by atoms with E-state index in [1.165, 1.54) is 12.8 Å². The van der Waals surface area contributed by atoms with Gasteiger partial charge in [-0.15, -0.1) is 0 Å². The van der Waals surface area contributed by atoms with Crippen molar-refractivity contribution in [1.29, 1.82) is 0 Å². The number of likely N-dealkylation sites (tertiary alicyclic amines) is 1. The van der Waals surface area contributed by atoms with Crippen molar-refractivity contribution in [2.75, 3.05) is 25.9 Å². The molecule has 0 spiro atoms. The molecule has 0 bridgehead atoms. The van der Waals surface area contributed by atoms with E-state index in [0.29, 0.717) is 10.9 Å². The molecule has 2 aliphatic rings. The molecule has 3 rings (SSSR count). The van der Waals surface area contributed by atoms with Gasteiger partial charge in [0.1, 0.15) is 0 Å². The van der Waals surface area contributed by atoms with E-state index < -0.39 is 9.84 Å². The highest BCUT2D eigenvalue weighted by Gasteiger charge is 2.37. The van der Waals surface area contributed by atoms with E-state index in [0.717, 1.165) is 25.1 Å². The number of nitrogens with zero attached hydrogens (tertiary/aromatic N) is 1. The first-order chi connectivity index (χ1) is 9.63. The Balaban J connectivity index is 1.96. The minimum Gasteiger partial charge on any atom is -0.318 e. The number of fused-ring (bicyclic) bond motifs is 1. The maximum Gasteiger partial charge on any atom is 0.178 e. The summed E-state index contributed by atoms with van der Waals surface area (Å²) < 4.78 is 24.4. The second kappa shape index (κ2) is 5.47. The van der Waals surface area contributed by atoms with Crippen LogP contribution in [0.4, 0.5) is 0 Å². The molecular weight excluding hydrogens is 272 g/mol. The van der Waals surface area contributed by atoms with Gasteiger partial charge in [-0.1, -0.05) is 18.2 Å². The number of likely N-dealkylation sites (N-methyl/N-ethyl adjacent to an activating group) is 1. The van der Waals surface area contributed by atoms with Gasteiger partial charge in [-0.3, -0.25) is 4.90 Å². The summed E-state index contributed by atoms with van der Waals surface area (Å²) in [5.74, 6) is 0.275. The summed E-state index contributed by atoms with van der Waals surface area (Å²) in [6.45, 7) is 2.05. The molecule has 1 N–H and O–H groups in total. The van der Waals surface area contributed by atoms with Crippen LogP contribution in [0.15, 0.2) is 29.2 Å². The average molecular weight is 294 g/mol. The Labute approximate surface area is 121 Å². The SMILES string of the molecule is CNCC1CCCN1C1CCS(=O)(=O)c2ccccc21. The van der Waals surface area contributed by atoms with Gasteiger partial charge in [0.2, 0.25) is 0 Å². The van der Waals surface area contributed by atoms with Crippen LogP contribution in [-0.2, 0) is 9.84 Å². The predicted octanol–water partition coefficient (Wildman–Crippen LogP) is 1.59. The second-order valence-electron chi connectivity index (χ2n) is 5.75. The number of hydrogen-bond donors (Lipinski definition) is 1. The first-order valence-electron chi connectivity index (χ1n) is 7.35. The van der Waals surface area contributed by atoms with Crippen molar-refractivity contribution in [3.05, 3.63) is 29.8 Å². The van der Waals surface area contributed by atoms with Crippen LogP contribution >= 0.6 is 0 Å². The van der Waals surface area contributed by atoms with Crippen molar-refractivity contribution in [2.45, 2.75) is 36.2 Å². The summed E-state index contributed by atoms with van der Waals surface area (Å²) in [5, 5.41) is 3.26. The Kier molecular flexibility index (Phi) is 3.84. The second-order valence-corrected chi connectivity index (χ2v) is 7.83. The van der Waals surface area contributed by atoms with Gasteiger partial charge in [0.05, 0.1) is 10.6 Å². The lowest BCUT2D eigenvalue weighted by atomic mass is 10.0. The first kappa shape index (κ1) is 14.0. The number of benzene rings is 1. The molecule has 2 unspecified atom stereocenters. The van der Waals surface area contributed by atoms with Crippen molar-refractivity contribution in [3.63, 3.8) is 0 Å². The van der Waals surface area contributed by atoms with Crippen LogP contribution in [0, 0.1) is 0 Å². The molecule has 0 radical (unpaired) electrons. The molecular formula is C15H22N2O2S. The Morgan fingerprint density at radius 1 is 1.30 bits per heavy atom. The summed E-state index contributed by atoms with van der Waals surface area (Å²) in [5.41, 5.74) is 1.00. The fourth-order valence-corrected chi connectivity index (χ4v) is 5.24. The largest absolute Gasteiger partial charge is 0.318 e. The quantitative estimate of drug-likeness (QED) is 0.920. The van der Waals surface area contributed by atoms with Gasteiger partial charge in [-0.25, -0.2) is 8.42 Å². The molecule has 0 saturated carbocycles. The highest BCUT2D eigenvalue weighted by molar-refractivity contribution is 7.91. The van der Waals surface area contributed by atoms with E-state index in [-0.39, 0.29) is 11.8 Å². The molecule has 1 saturated heterocycles. The molecule has 0 aliphatic carbocycles. The van der Waals surface area contributed by atoms with Crippen molar-refractivity contribution < 1.29 is 8.42 Å². The molecule has 1 aromatic carbocycles. The van der Waals surface area contributed by atoms with Gasteiger partial charge in [-0.2, -0.15) is 0 Å². The van der Waals surface area contributed by atoms with Crippen LogP contribution in [0.3, 0.4) is 0 Å². The van der Waals surface area contributed by atoms with E-state index in [1.807, 2.05) is 25.2 Å². The predicted molar refractivity (Wildman–Crippen MR) is 79.5 cm³/mol. The summed E-state index contributed by atoms with van der Waals surface area (Å²) in [6.07, 6.45) is 3.13. The van der Waals surface area contributed by atoms with Crippen LogP contribution in [0.5, 0.6) is 0 Å². The van der Waals surface area contributed by atoms with Crippen LogP contribution in [0.25, 0.3) is 0 Å². The van der Waals surface area contributed by atoms with Gasteiger partial charge in [0, 0.05) is 18.6 Å². The molecule has 110 valence electrons. The van der Waals surface area contributed by atoms with E-state index in [9.17, 15) is 8.42 Å². The summed E-state index contributed by atoms with van der Waals surface area (Å²) >= 11 is 0. The normalized spacial score (nSPS) is 29.2. The average Bonchev–Trinajstić information content (AvgIpc) is 2.88. The molecule has 2 heterocycles. The summed E-state index contributed by atoms with van der Waals surface area (Å²) in [6, 6.07) is 8.32. The Morgan fingerprint density at radius 2 is 2.10 bits per heavy atom. The van der Waals surface area contributed by atoms with Crippen molar-refractivity contribution in [1.82, 2.24) is 10.2 Å². The number of sulfone groups is 1. The third kappa shape index (κ3) is 2.38. The molecule has 2 aliphatic heterocycles. The lowest BCUT2D eigenvalue weighted by Crippen LogP contribution is -2.41. The Hall–Kier alpha value is -0.910. The van der Waals surface area contributed by atoms with Gasteiger partial charge in [0.15, 0.2) is 9.84 Å². The number of rotatable bonds is 3. The number of hydrogen-bond acceptors (Lipinski definition) is 4. The zero-order valence-electron chi connectivity index (χ0n) is 11.9. The van der Waals surface area contributed by atoms with Gasteiger partial charge in [-0.05, 0) is 44.5 Å². The van der Waals surface area contributed by atoms with Crippen molar-refractivity contribution in [3.8, 4) is 0 Å². The van der Waals surface area contributed by atoms with Crippen LogP contribution < -0.4 is 5.32 Å². The lowest BCUT2D eigenvalue weighted by molar-refractivity contribution is 0.170. The van der Waals surface area contributed by atoms with E-state index in [4.69, 9.17) is 0 Å². The minimum absolute atomic E-state index is 0.260. The first-order valence-corrected chi connectivity index (χ1v) is 9.01. The smallest absolute Gasteiger partial charge is 0.178 e. The van der Waals surface area contributed by atoms with Crippen LogP contribution in [-0.4, -0.2) is 45.2 Å². The van der Waals surface area contributed by atoms with Crippen molar-refractivity contribution >= 4 is 9.84 Å². The molecule has 5 heteroatoms. The standard InChI is InChI=1S/C15H22N2O2S/c1-16-11-12-5-4-9-17(12)14-8-10-20(18,19)15-7-3-2-6-13(14)15/h2-3,6-7,12,14,16H,4-5,8-11H2,1H3. The third-order valence-electron chi connectivity index (χ3n) is 4.54. The molecule has 1 aromatic rings. The molecule has 0 amide bonds. The highest BCUT2D eigenvalue weighted by atomic mass is 32.2. The summed E-state index contributed by atoms with van der Waals surface area (Å²) in [7, 11) is -1.09. The maximum absolute atomic E-state index is 12.2. The summed E-state index contributed by atoms with van der Waals surface area (Å²) in [4.78, 5) is 3.05.